The Morgan fingerprint density at radius 1 is 1.59 bits per heavy atom. The summed E-state index contributed by atoms with van der Waals surface area (Å²) >= 11 is 1.51. The number of nitrogens with one attached hydrogen (secondary N) is 1. The average molecular weight is 251 g/mol. The number of imidazole rings is 1. The molecule has 0 radical (unpaired) electrons. The van der Waals surface area contributed by atoms with E-state index in [1.165, 1.54) is 18.7 Å². The van der Waals surface area contributed by atoms with Gasteiger partial charge in [-0.05, 0) is 18.2 Å². The first kappa shape index (κ1) is 11.8. The molecule has 1 aromatic carbocycles. The van der Waals surface area contributed by atoms with Gasteiger partial charge in [0.25, 0.3) is 0 Å². The van der Waals surface area contributed by atoms with Crippen molar-refractivity contribution in [1.82, 2.24) is 9.97 Å². The summed E-state index contributed by atoms with van der Waals surface area (Å²) in [6.45, 7) is 1.79. The van der Waals surface area contributed by atoms with Gasteiger partial charge in [-0.15, -0.1) is 0 Å². The zero-order chi connectivity index (χ0) is 12.3. The van der Waals surface area contributed by atoms with E-state index < -0.39 is 0 Å². The number of benzene rings is 1. The van der Waals surface area contributed by atoms with Gasteiger partial charge in [-0.3, -0.25) is 4.79 Å². The number of hydrogen-bond acceptors (Lipinski definition) is 5. The fraction of sp³-hybridized carbons (Fsp3) is 0.273. The fourth-order valence-corrected chi connectivity index (χ4v) is 2.10. The van der Waals surface area contributed by atoms with Crippen molar-refractivity contribution in [3.63, 3.8) is 0 Å². The number of carbonyl (C=O) groups is 1. The molecule has 3 N–H and O–H groups in total. The van der Waals surface area contributed by atoms with Crippen LogP contribution in [0.2, 0.25) is 0 Å². The molecule has 2 aromatic rings. The molecule has 0 aliphatic heterocycles. The minimum absolute atomic E-state index is 0.261. The number of rotatable bonds is 4. The molecule has 90 valence electrons. The number of nitrogen functional groups attached to an aromatic ring is 1. The Hall–Kier alpha value is -1.69. The van der Waals surface area contributed by atoms with Crippen LogP contribution in [0.1, 0.15) is 6.92 Å². The molecular formula is C11H13N3O2S. The summed E-state index contributed by atoms with van der Waals surface area (Å²) in [5.41, 5.74) is 8.18. The van der Waals surface area contributed by atoms with Gasteiger partial charge in [0.15, 0.2) is 5.16 Å². The van der Waals surface area contributed by atoms with Gasteiger partial charge in [0.05, 0.1) is 11.0 Å². The van der Waals surface area contributed by atoms with Crippen LogP contribution in [0.25, 0.3) is 11.0 Å². The quantitative estimate of drug-likeness (QED) is 0.375. The molecule has 0 aliphatic carbocycles. The minimum atomic E-state index is -0.261. The van der Waals surface area contributed by atoms with Gasteiger partial charge in [0.2, 0.25) is 0 Å². The first-order chi connectivity index (χ1) is 8.15. The number of nitrogens with two attached hydrogens (primary N) is 1. The van der Waals surface area contributed by atoms with Gasteiger partial charge in [-0.2, -0.15) is 0 Å². The Balaban J connectivity index is 1.97. The van der Waals surface area contributed by atoms with Gasteiger partial charge in [-0.1, -0.05) is 11.8 Å². The number of fused-ring (bicyclic) bond motifs is 1. The van der Waals surface area contributed by atoms with E-state index in [9.17, 15) is 4.79 Å². The van der Waals surface area contributed by atoms with Crippen LogP contribution >= 0.6 is 11.8 Å². The van der Waals surface area contributed by atoms with Crippen molar-refractivity contribution in [3.05, 3.63) is 18.2 Å². The third-order valence-corrected chi connectivity index (χ3v) is 2.95. The third kappa shape index (κ3) is 3.13. The van der Waals surface area contributed by atoms with Gasteiger partial charge in [0.1, 0.15) is 6.61 Å². The Morgan fingerprint density at radius 2 is 2.41 bits per heavy atom. The summed E-state index contributed by atoms with van der Waals surface area (Å²) in [7, 11) is 0. The molecule has 17 heavy (non-hydrogen) atoms. The van der Waals surface area contributed by atoms with E-state index in [1.54, 1.807) is 0 Å². The molecule has 0 aliphatic rings. The van der Waals surface area contributed by atoms with E-state index in [0.717, 1.165) is 16.2 Å². The smallest absolute Gasteiger partial charge is 0.302 e. The largest absolute Gasteiger partial charge is 0.465 e. The normalized spacial score (nSPS) is 10.6. The molecule has 0 saturated carbocycles. The molecule has 0 amide bonds. The average Bonchev–Trinajstić information content (AvgIpc) is 2.66. The van der Waals surface area contributed by atoms with Crippen LogP contribution in [0.3, 0.4) is 0 Å². The molecule has 0 spiro atoms. The van der Waals surface area contributed by atoms with Crippen molar-refractivity contribution in [2.24, 2.45) is 0 Å². The zero-order valence-electron chi connectivity index (χ0n) is 9.40. The summed E-state index contributed by atoms with van der Waals surface area (Å²) in [6, 6.07) is 5.53. The van der Waals surface area contributed by atoms with Crippen molar-refractivity contribution >= 4 is 34.5 Å². The molecule has 0 unspecified atom stereocenters. The Morgan fingerprint density at radius 3 is 3.18 bits per heavy atom. The Labute approximate surface area is 103 Å². The van der Waals surface area contributed by atoms with Crippen molar-refractivity contribution in [2.75, 3.05) is 18.1 Å². The molecule has 1 aromatic heterocycles. The molecular weight excluding hydrogens is 238 g/mol. The van der Waals surface area contributed by atoms with Crippen LogP contribution in [0.4, 0.5) is 5.69 Å². The van der Waals surface area contributed by atoms with Crippen molar-refractivity contribution in [3.8, 4) is 0 Å². The number of H-pyrrole nitrogens is 1. The number of aromatic nitrogens is 2. The SMILES string of the molecule is CC(=O)OCCSc1nc2ccc(N)cc2[nH]1. The summed E-state index contributed by atoms with van der Waals surface area (Å²) in [6.07, 6.45) is 0. The maximum absolute atomic E-state index is 10.6. The highest BCUT2D eigenvalue weighted by atomic mass is 32.2. The van der Waals surface area contributed by atoms with Crippen LogP contribution in [0.5, 0.6) is 0 Å². The lowest BCUT2D eigenvalue weighted by Gasteiger charge is -1.98. The second-order valence-corrected chi connectivity index (χ2v) is 4.59. The number of esters is 1. The predicted octanol–water partition coefficient (Wildman–Crippen LogP) is 1.80. The standard InChI is InChI=1S/C11H13N3O2S/c1-7(15)16-4-5-17-11-13-9-3-2-8(12)6-10(9)14-11/h2-3,6H,4-5,12H2,1H3,(H,13,14). The second-order valence-electron chi connectivity index (χ2n) is 3.51. The molecule has 0 saturated heterocycles. The lowest BCUT2D eigenvalue weighted by molar-refractivity contribution is -0.140. The molecule has 5 nitrogen and oxygen atoms in total. The second kappa shape index (κ2) is 5.09. The van der Waals surface area contributed by atoms with E-state index >= 15 is 0 Å². The van der Waals surface area contributed by atoms with Crippen molar-refractivity contribution in [1.29, 1.82) is 0 Å². The third-order valence-electron chi connectivity index (χ3n) is 2.11. The first-order valence-corrected chi connectivity index (χ1v) is 6.15. The van der Waals surface area contributed by atoms with E-state index in [1.807, 2.05) is 18.2 Å². The van der Waals surface area contributed by atoms with Crippen LogP contribution in [-0.4, -0.2) is 28.3 Å². The Kier molecular flexibility index (Phi) is 3.53. The lowest BCUT2D eigenvalue weighted by atomic mass is 10.3. The highest BCUT2D eigenvalue weighted by Crippen LogP contribution is 2.20. The first-order valence-electron chi connectivity index (χ1n) is 5.16. The summed E-state index contributed by atoms with van der Waals surface area (Å²) < 4.78 is 4.84. The topological polar surface area (TPSA) is 81.0 Å². The van der Waals surface area contributed by atoms with Crippen molar-refractivity contribution in [2.45, 2.75) is 12.1 Å². The van der Waals surface area contributed by atoms with Gasteiger partial charge < -0.3 is 15.5 Å². The number of hydrogen-bond donors (Lipinski definition) is 2. The van der Waals surface area contributed by atoms with E-state index in [-0.39, 0.29) is 5.97 Å². The van der Waals surface area contributed by atoms with Crippen LogP contribution < -0.4 is 5.73 Å². The number of ether oxygens (including phenoxy) is 1. The fourth-order valence-electron chi connectivity index (χ4n) is 1.40. The van der Waals surface area contributed by atoms with Crippen LogP contribution in [-0.2, 0) is 9.53 Å². The highest BCUT2D eigenvalue weighted by molar-refractivity contribution is 7.99. The number of thioether (sulfide) groups is 1. The maximum Gasteiger partial charge on any atom is 0.302 e. The molecule has 0 atom stereocenters. The molecule has 2 rings (SSSR count). The maximum atomic E-state index is 10.6. The summed E-state index contributed by atoms with van der Waals surface area (Å²) in [5.74, 6) is 0.414. The molecule has 1 heterocycles. The lowest BCUT2D eigenvalue weighted by Crippen LogP contribution is -2.02. The highest BCUT2D eigenvalue weighted by Gasteiger charge is 2.03. The Bertz CT molecular complexity index is 538. The van der Waals surface area contributed by atoms with Crippen LogP contribution in [0, 0.1) is 0 Å². The molecule has 0 bridgehead atoms. The van der Waals surface area contributed by atoms with E-state index in [2.05, 4.69) is 9.97 Å². The van der Waals surface area contributed by atoms with Crippen molar-refractivity contribution < 1.29 is 9.53 Å². The van der Waals surface area contributed by atoms with Crippen LogP contribution in [0.15, 0.2) is 23.4 Å². The summed E-state index contributed by atoms with van der Waals surface area (Å²) in [5, 5.41) is 0.803. The van der Waals surface area contributed by atoms with E-state index in [0.29, 0.717) is 18.0 Å². The molecule has 0 fully saturated rings. The number of anilines is 1. The van der Waals surface area contributed by atoms with Gasteiger partial charge in [-0.25, -0.2) is 4.98 Å². The van der Waals surface area contributed by atoms with E-state index in [4.69, 9.17) is 10.5 Å². The predicted molar refractivity (Wildman–Crippen MR) is 67.9 cm³/mol. The minimum Gasteiger partial charge on any atom is -0.465 e. The molecule has 6 heteroatoms. The zero-order valence-corrected chi connectivity index (χ0v) is 10.2. The van der Waals surface area contributed by atoms with Gasteiger partial charge >= 0.3 is 5.97 Å². The number of aromatic amines is 1. The van der Waals surface area contributed by atoms with Gasteiger partial charge in [0, 0.05) is 18.4 Å². The monoisotopic (exact) mass is 251 g/mol. The number of carbonyl (C=O) groups excluding carboxylic acids is 1. The number of nitrogens with zero attached hydrogens (tertiary/aromatic N) is 1. The summed E-state index contributed by atoms with van der Waals surface area (Å²) in [4.78, 5) is 18.1.